The van der Waals surface area contributed by atoms with Crippen molar-refractivity contribution in [2.45, 2.75) is 6.54 Å². The van der Waals surface area contributed by atoms with Gasteiger partial charge in [0, 0.05) is 17.2 Å². The van der Waals surface area contributed by atoms with E-state index in [1.165, 1.54) is 12.1 Å². The Bertz CT molecular complexity index is 1070. The number of aromatic nitrogens is 3. The maximum atomic E-state index is 13.8. The molecule has 7 heteroatoms. The van der Waals surface area contributed by atoms with Crippen molar-refractivity contribution < 1.29 is 13.7 Å². The Morgan fingerprint density at radius 1 is 1.07 bits per heavy atom. The van der Waals surface area contributed by atoms with Crippen LogP contribution in [0.3, 0.4) is 0 Å². The van der Waals surface area contributed by atoms with Crippen molar-refractivity contribution in [2.24, 2.45) is 0 Å². The van der Waals surface area contributed by atoms with E-state index in [1.54, 1.807) is 24.3 Å². The van der Waals surface area contributed by atoms with Crippen LogP contribution in [-0.4, -0.2) is 21.3 Å². The number of carbonyl (C=O) groups is 1. The monoisotopic (exact) mass is 362 g/mol. The van der Waals surface area contributed by atoms with Crippen LogP contribution in [0.25, 0.3) is 22.6 Å². The third-order valence-electron chi connectivity index (χ3n) is 4.02. The number of halogens is 1. The van der Waals surface area contributed by atoms with Crippen LogP contribution in [-0.2, 0) is 6.54 Å². The number of nitrogens with zero attached hydrogens (tertiary/aromatic N) is 2. The first-order chi connectivity index (χ1) is 13.2. The van der Waals surface area contributed by atoms with Crippen LogP contribution in [0.4, 0.5) is 4.39 Å². The van der Waals surface area contributed by atoms with Crippen molar-refractivity contribution in [3.05, 3.63) is 83.9 Å². The number of amides is 1. The zero-order valence-electron chi connectivity index (χ0n) is 14.1. The highest BCUT2D eigenvalue weighted by Crippen LogP contribution is 2.21. The molecule has 0 bridgehead atoms. The number of hydrogen-bond donors (Lipinski definition) is 2. The van der Waals surface area contributed by atoms with E-state index in [2.05, 4.69) is 20.7 Å². The molecule has 0 aliphatic heterocycles. The summed E-state index contributed by atoms with van der Waals surface area (Å²) in [6.45, 7) is 0.198. The predicted molar refractivity (Wildman–Crippen MR) is 97.1 cm³/mol. The topological polar surface area (TPSA) is 83.8 Å². The average Bonchev–Trinajstić information content (AvgIpc) is 3.37. The van der Waals surface area contributed by atoms with E-state index in [1.807, 2.05) is 30.3 Å². The first-order valence-electron chi connectivity index (χ1n) is 8.30. The Labute approximate surface area is 154 Å². The van der Waals surface area contributed by atoms with E-state index < -0.39 is 5.82 Å². The molecule has 2 aromatic heterocycles. The highest BCUT2D eigenvalue weighted by Gasteiger charge is 2.14. The molecule has 2 aromatic carbocycles. The molecule has 4 aromatic rings. The Hall–Kier alpha value is -3.74. The molecule has 2 heterocycles. The standard InChI is InChI=1S/C20H15FN4O2/c21-16-9-5-4-8-15(16)17-11-18(24-23-17)20(26)22-12-14-10-19(27-25-14)13-6-2-1-3-7-13/h1-11H,12H2,(H,22,26)(H,23,24). The lowest BCUT2D eigenvalue weighted by atomic mass is 10.1. The van der Waals surface area contributed by atoms with Gasteiger partial charge in [0.2, 0.25) is 0 Å². The summed E-state index contributed by atoms with van der Waals surface area (Å²) in [6.07, 6.45) is 0. The maximum absolute atomic E-state index is 13.8. The third kappa shape index (κ3) is 3.62. The Balaban J connectivity index is 1.42. The minimum absolute atomic E-state index is 0.198. The molecule has 1 amide bonds. The first kappa shape index (κ1) is 16.7. The van der Waals surface area contributed by atoms with Crippen LogP contribution >= 0.6 is 0 Å². The quantitative estimate of drug-likeness (QED) is 0.566. The molecule has 134 valence electrons. The third-order valence-corrected chi connectivity index (χ3v) is 4.02. The van der Waals surface area contributed by atoms with E-state index in [-0.39, 0.29) is 18.1 Å². The van der Waals surface area contributed by atoms with Crippen LogP contribution in [0, 0.1) is 5.82 Å². The number of H-pyrrole nitrogens is 1. The molecule has 0 radical (unpaired) electrons. The van der Waals surface area contributed by atoms with Crippen LogP contribution < -0.4 is 5.32 Å². The smallest absolute Gasteiger partial charge is 0.269 e. The van der Waals surface area contributed by atoms with E-state index >= 15 is 0 Å². The fourth-order valence-electron chi connectivity index (χ4n) is 2.64. The molecule has 6 nitrogen and oxygen atoms in total. The van der Waals surface area contributed by atoms with E-state index in [4.69, 9.17) is 4.52 Å². The second-order valence-electron chi connectivity index (χ2n) is 5.88. The van der Waals surface area contributed by atoms with Gasteiger partial charge in [0.25, 0.3) is 5.91 Å². The first-order valence-corrected chi connectivity index (χ1v) is 8.30. The van der Waals surface area contributed by atoms with Crippen molar-refractivity contribution in [2.75, 3.05) is 0 Å². The largest absolute Gasteiger partial charge is 0.356 e. The van der Waals surface area contributed by atoms with Gasteiger partial charge < -0.3 is 9.84 Å². The number of hydrogen-bond acceptors (Lipinski definition) is 4. The average molecular weight is 362 g/mol. The predicted octanol–water partition coefficient (Wildman–Crippen LogP) is 3.80. The minimum Gasteiger partial charge on any atom is -0.356 e. The summed E-state index contributed by atoms with van der Waals surface area (Å²) in [5.41, 5.74) is 2.43. The number of carbonyl (C=O) groups excluding carboxylic acids is 1. The van der Waals surface area contributed by atoms with Crippen LogP contribution in [0.2, 0.25) is 0 Å². The van der Waals surface area contributed by atoms with Gasteiger partial charge in [-0.3, -0.25) is 9.89 Å². The van der Waals surface area contributed by atoms with Crippen LogP contribution in [0.5, 0.6) is 0 Å². The highest BCUT2D eigenvalue weighted by molar-refractivity contribution is 5.93. The van der Waals surface area contributed by atoms with Gasteiger partial charge in [-0.15, -0.1) is 0 Å². The molecular formula is C20H15FN4O2. The van der Waals surface area contributed by atoms with Gasteiger partial charge in [-0.25, -0.2) is 4.39 Å². The lowest BCUT2D eigenvalue weighted by molar-refractivity contribution is 0.0945. The number of benzene rings is 2. The molecule has 4 rings (SSSR count). The van der Waals surface area contributed by atoms with Gasteiger partial charge in [-0.05, 0) is 18.2 Å². The molecule has 27 heavy (non-hydrogen) atoms. The molecule has 0 spiro atoms. The van der Waals surface area contributed by atoms with Crippen LogP contribution in [0.1, 0.15) is 16.2 Å². The Morgan fingerprint density at radius 2 is 1.85 bits per heavy atom. The molecule has 0 fully saturated rings. The summed E-state index contributed by atoms with van der Waals surface area (Å²) in [5.74, 6) is -0.135. The van der Waals surface area contributed by atoms with Gasteiger partial charge in [0.1, 0.15) is 17.2 Å². The molecule has 0 unspecified atom stereocenters. The normalized spacial score (nSPS) is 10.7. The summed E-state index contributed by atoms with van der Waals surface area (Å²) in [7, 11) is 0. The lowest BCUT2D eigenvalue weighted by Crippen LogP contribution is -2.23. The molecule has 2 N–H and O–H groups in total. The summed E-state index contributed by atoms with van der Waals surface area (Å²) < 4.78 is 19.1. The number of aromatic amines is 1. The molecule has 0 atom stereocenters. The summed E-state index contributed by atoms with van der Waals surface area (Å²) in [4.78, 5) is 12.3. The Kier molecular flexibility index (Phi) is 4.49. The van der Waals surface area contributed by atoms with Gasteiger partial charge in [0.05, 0.1) is 12.2 Å². The van der Waals surface area contributed by atoms with Gasteiger partial charge in [-0.1, -0.05) is 47.6 Å². The van der Waals surface area contributed by atoms with Gasteiger partial charge >= 0.3 is 0 Å². The summed E-state index contributed by atoms with van der Waals surface area (Å²) in [5, 5.41) is 13.3. The SMILES string of the molecule is O=C(NCc1cc(-c2ccccc2)on1)c1cc(-c2ccccc2F)n[nH]1. The lowest BCUT2D eigenvalue weighted by Gasteiger charge is -1.99. The van der Waals surface area contributed by atoms with Crippen molar-refractivity contribution >= 4 is 5.91 Å². The molecule has 0 aliphatic rings. The zero-order valence-corrected chi connectivity index (χ0v) is 14.1. The maximum Gasteiger partial charge on any atom is 0.269 e. The van der Waals surface area contributed by atoms with Crippen molar-refractivity contribution in [3.63, 3.8) is 0 Å². The van der Waals surface area contributed by atoms with Crippen molar-refractivity contribution in [3.8, 4) is 22.6 Å². The second kappa shape index (κ2) is 7.25. The molecular weight excluding hydrogens is 347 g/mol. The fourth-order valence-corrected chi connectivity index (χ4v) is 2.64. The number of rotatable bonds is 5. The van der Waals surface area contributed by atoms with E-state index in [0.29, 0.717) is 22.7 Å². The highest BCUT2D eigenvalue weighted by atomic mass is 19.1. The summed E-state index contributed by atoms with van der Waals surface area (Å²) in [6, 6.07) is 19.1. The zero-order chi connectivity index (χ0) is 18.6. The minimum atomic E-state index is -0.396. The van der Waals surface area contributed by atoms with Gasteiger partial charge in [-0.2, -0.15) is 5.10 Å². The molecule has 0 saturated carbocycles. The van der Waals surface area contributed by atoms with Crippen LogP contribution in [0.15, 0.2) is 71.3 Å². The fraction of sp³-hybridized carbons (Fsp3) is 0.0500. The number of nitrogens with one attached hydrogen (secondary N) is 2. The van der Waals surface area contributed by atoms with Crippen molar-refractivity contribution in [1.29, 1.82) is 0 Å². The summed E-state index contributed by atoms with van der Waals surface area (Å²) >= 11 is 0. The van der Waals surface area contributed by atoms with E-state index in [9.17, 15) is 9.18 Å². The molecule has 0 aliphatic carbocycles. The van der Waals surface area contributed by atoms with Crippen molar-refractivity contribution in [1.82, 2.24) is 20.7 Å². The van der Waals surface area contributed by atoms with E-state index in [0.717, 1.165) is 5.56 Å². The second-order valence-corrected chi connectivity index (χ2v) is 5.88. The molecule has 0 saturated heterocycles. The Morgan fingerprint density at radius 3 is 2.67 bits per heavy atom. The van der Waals surface area contributed by atoms with Gasteiger partial charge in [0.15, 0.2) is 5.76 Å².